The highest BCUT2D eigenvalue weighted by molar-refractivity contribution is 9.10. The summed E-state index contributed by atoms with van der Waals surface area (Å²) in [5.41, 5.74) is 7.86. The maximum absolute atomic E-state index is 11.7. The molecule has 92 valence electrons. The van der Waals surface area contributed by atoms with E-state index in [1.165, 1.54) is 12.8 Å². The van der Waals surface area contributed by atoms with Crippen molar-refractivity contribution in [3.63, 3.8) is 0 Å². The minimum Gasteiger partial charge on any atom is -0.327 e. The van der Waals surface area contributed by atoms with Gasteiger partial charge in [-0.15, -0.1) is 0 Å². The third-order valence-electron chi connectivity index (χ3n) is 3.09. The highest BCUT2D eigenvalue weighted by Gasteiger charge is 2.29. The topological polar surface area (TPSA) is 55.1 Å². The van der Waals surface area contributed by atoms with Crippen molar-refractivity contribution in [1.82, 2.24) is 0 Å². The van der Waals surface area contributed by atoms with Gasteiger partial charge in [-0.25, -0.2) is 0 Å². The molecule has 1 saturated carbocycles. The standard InChI is InChI=1S/C13H17BrN2O/c1-8-6-10(4-5-11(8)14)16-13(17)7-12(15)9-2-3-9/h4-6,9,12H,2-3,7,15H2,1H3,(H,16,17). The Bertz CT molecular complexity index is 429. The number of anilines is 1. The summed E-state index contributed by atoms with van der Waals surface area (Å²) in [4.78, 5) is 11.7. The predicted octanol–water partition coefficient (Wildman–Crippen LogP) is 2.82. The number of amides is 1. The number of carbonyl (C=O) groups is 1. The Balaban J connectivity index is 1.90. The average molecular weight is 297 g/mol. The SMILES string of the molecule is Cc1cc(NC(=O)CC(N)C2CC2)ccc1Br. The van der Waals surface area contributed by atoms with Gasteiger partial charge in [0.2, 0.25) is 5.91 Å². The summed E-state index contributed by atoms with van der Waals surface area (Å²) < 4.78 is 1.05. The maximum atomic E-state index is 11.7. The predicted molar refractivity (Wildman–Crippen MR) is 72.8 cm³/mol. The lowest BCUT2D eigenvalue weighted by molar-refractivity contribution is -0.116. The number of hydrogen-bond acceptors (Lipinski definition) is 2. The average Bonchev–Trinajstić information content (AvgIpc) is 3.06. The molecule has 4 heteroatoms. The van der Waals surface area contributed by atoms with Crippen molar-refractivity contribution in [3.8, 4) is 0 Å². The lowest BCUT2D eigenvalue weighted by Crippen LogP contribution is -2.28. The summed E-state index contributed by atoms with van der Waals surface area (Å²) in [6, 6.07) is 5.79. The molecule has 0 aromatic heterocycles. The summed E-state index contributed by atoms with van der Waals surface area (Å²) in [7, 11) is 0. The van der Waals surface area contributed by atoms with Crippen LogP contribution in [-0.4, -0.2) is 11.9 Å². The molecule has 1 unspecified atom stereocenters. The lowest BCUT2D eigenvalue weighted by Gasteiger charge is -2.11. The molecule has 0 aliphatic heterocycles. The Morgan fingerprint density at radius 1 is 1.59 bits per heavy atom. The third kappa shape index (κ3) is 3.54. The van der Waals surface area contributed by atoms with Crippen LogP contribution in [0.5, 0.6) is 0 Å². The van der Waals surface area contributed by atoms with Crippen LogP contribution in [0, 0.1) is 12.8 Å². The molecule has 0 radical (unpaired) electrons. The van der Waals surface area contributed by atoms with Gasteiger partial charge in [0.15, 0.2) is 0 Å². The molecular weight excluding hydrogens is 280 g/mol. The van der Waals surface area contributed by atoms with Gasteiger partial charge in [-0.2, -0.15) is 0 Å². The Morgan fingerprint density at radius 3 is 2.88 bits per heavy atom. The van der Waals surface area contributed by atoms with Crippen molar-refractivity contribution in [3.05, 3.63) is 28.2 Å². The van der Waals surface area contributed by atoms with Gasteiger partial charge in [0.05, 0.1) is 0 Å². The first-order valence-electron chi connectivity index (χ1n) is 5.88. The van der Waals surface area contributed by atoms with Crippen LogP contribution < -0.4 is 11.1 Å². The van der Waals surface area contributed by atoms with Gasteiger partial charge in [0, 0.05) is 22.6 Å². The van der Waals surface area contributed by atoms with E-state index in [4.69, 9.17) is 5.73 Å². The summed E-state index contributed by atoms with van der Waals surface area (Å²) in [5.74, 6) is 0.568. The molecule has 0 heterocycles. The zero-order valence-electron chi connectivity index (χ0n) is 9.87. The van der Waals surface area contributed by atoms with Crippen molar-refractivity contribution >= 4 is 27.5 Å². The number of rotatable bonds is 4. The molecule has 1 aromatic rings. The number of nitrogens with two attached hydrogens (primary N) is 1. The van der Waals surface area contributed by atoms with Crippen molar-refractivity contribution in [2.75, 3.05) is 5.32 Å². The second kappa shape index (κ2) is 5.19. The van der Waals surface area contributed by atoms with E-state index >= 15 is 0 Å². The second-order valence-corrected chi connectivity index (χ2v) is 5.57. The first-order chi connectivity index (χ1) is 8.06. The van der Waals surface area contributed by atoms with Gasteiger partial charge in [-0.3, -0.25) is 4.79 Å². The van der Waals surface area contributed by atoms with Gasteiger partial charge < -0.3 is 11.1 Å². The fourth-order valence-electron chi connectivity index (χ4n) is 1.84. The first-order valence-corrected chi connectivity index (χ1v) is 6.67. The van der Waals surface area contributed by atoms with Crippen LogP contribution in [0.15, 0.2) is 22.7 Å². The van der Waals surface area contributed by atoms with Crippen LogP contribution in [0.2, 0.25) is 0 Å². The fourth-order valence-corrected chi connectivity index (χ4v) is 2.09. The van der Waals surface area contributed by atoms with Crippen LogP contribution in [-0.2, 0) is 4.79 Å². The molecule has 1 aliphatic carbocycles. The number of carbonyl (C=O) groups excluding carboxylic acids is 1. The quantitative estimate of drug-likeness (QED) is 0.898. The van der Waals surface area contributed by atoms with Gasteiger partial charge in [0.1, 0.15) is 0 Å². The number of hydrogen-bond donors (Lipinski definition) is 2. The number of aryl methyl sites for hydroxylation is 1. The summed E-state index contributed by atoms with van der Waals surface area (Å²) in [5, 5.41) is 2.88. The molecule has 0 bridgehead atoms. The van der Waals surface area contributed by atoms with E-state index in [0.29, 0.717) is 12.3 Å². The summed E-state index contributed by atoms with van der Waals surface area (Å²) >= 11 is 3.43. The second-order valence-electron chi connectivity index (χ2n) is 4.72. The molecule has 3 nitrogen and oxygen atoms in total. The van der Waals surface area contributed by atoms with E-state index in [2.05, 4.69) is 21.2 Å². The third-order valence-corrected chi connectivity index (χ3v) is 3.98. The van der Waals surface area contributed by atoms with Gasteiger partial charge in [-0.05, 0) is 49.4 Å². The van der Waals surface area contributed by atoms with E-state index in [0.717, 1.165) is 15.7 Å². The molecule has 1 aromatic carbocycles. The van der Waals surface area contributed by atoms with Gasteiger partial charge in [-0.1, -0.05) is 15.9 Å². The molecular formula is C13H17BrN2O. The van der Waals surface area contributed by atoms with Crippen molar-refractivity contribution in [1.29, 1.82) is 0 Å². The molecule has 17 heavy (non-hydrogen) atoms. The number of halogens is 1. The Hall–Kier alpha value is -0.870. The normalized spacial score (nSPS) is 16.6. The molecule has 1 fully saturated rings. The van der Waals surface area contributed by atoms with E-state index < -0.39 is 0 Å². The number of benzene rings is 1. The van der Waals surface area contributed by atoms with Crippen molar-refractivity contribution < 1.29 is 4.79 Å². The van der Waals surface area contributed by atoms with E-state index in [1.54, 1.807) is 0 Å². The number of nitrogens with one attached hydrogen (secondary N) is 1. The van der Waals surface area contributed by atoms with E-state index in [-0.39, 0.29) is 11.9 Å². The minimum absolute atomic E-state index is 0.00567. The van der Waals surface area contributed by atoms with E-state index in [9.17, 15) is 4.79 Å². The van der Waals surface area contributed by atoms with Crippen LogP contribution in [0.3, 0.4) is 0 Å². The Labute approximate surface area is 110 Å². The van der Waals surface area contributed by atoms with Crippen LogP contribution in [0.25, 0.3) is 0 Å². The first kappa shape index (κ1) is 12.6. The molecule has 1 aliphatic rings. The summed E-state index contributed by atoms with van der Waals surface area (Å²) in [6.45, 7) is 2.00. The molecule has 2 rings (SSSR count). The summed E-state index contributed by atoms with van der Waals surface area (Å²) in [6.07, 6.45) is 2.76. The highest BCUT2D eigenvalue weighted by Crippen LogP contribution is 2.32. The smallest absolute Gasteiger partial charge is 0.225 e. The van der Waals surface area contributed by atoms with Crippen LogP contribution in [0.4, 0.5) is 5.69 Å². The molecule has 1 amide bonds. The van der Waals surface area contributed by atoms with Gasteiger partial charge in [0.25, 0.3) is 0 Å². The lowest BCUT2D eigenvalue weighted by atomic mass is 10.1. The van der Waals surface area contributed by atoms with Crippen LogP contribution in [0.1, 0.15) is 24.8 Å². The zero-order chi connectivity index (χ0) is 12.4. The van der Waals surface area contributed by atoms with Crippen LogP contribution >= 0.6 is 15.9 Å². The van der Waals surface area contributed by atoms with Crippen molar-refractivity contribution in [2.24, 2.45) is 11.7 Å². The largest absolute Gasteiger partial charge is 0.327 e. The van der Waals surface area contributed by atoms with Crippen molar-refractivity contribution in [2.45, 2.75) is 32.2 Å². The molecule has 0 saturated heterocycles. The Kier molecular flexibility index (Phi) is 3.84. The molecule has 1 atom stereocenters. The highest BCUT2D eigenvalue weighted by atomic mass is 79.9. The minimum atomic E-state index is 0.00567. The zero-order valence-corrected chi connectivity index (χ0v) is 11.5. The van der Waals surface area contributed by atoms with E-state index in [1.807, 2.05) is 25.1 Å². The monoisotopic (exact) mass is 296 g/mol. The Morgan fingerprint density at radius 2 is 2.29 bits per heavy atom. The molecule has 3 N–H and O–H groups in total. The van der Waals surface area contributed by atoms with Gasteiger partial charge >= 0.3 is 0 Å². The fraction of sp³-hybridized carbons (Fsp3) is 0.462. The maximum Gasteiger partial charge on any atom is 0.225 e. The molecule has 0 spiro atoms.